The van der Waals surface area contributed by atoms with Crippen LogP contribution in [0, 0.1) is 24.7 Å². The highest BCUT2D eigenvalue weighted by atomic mass is 32.1. The average Bonchev–Trinajstić information content (AvgIpc) is 3.29. The van der Waals surface area contributed by atoms with Crippen molar-refractivity contribution in [2.45, 2.75) is 51.8 Å². The minimum absolute atomic E-state index is 0.0980. The van der Waals surface area contributed by atoms with Gasteiger partial charge in [-0.2, -0.15) is 13.2 Å². The number of benzene rings is 1. The lowest BCUT2D eigenvalue weighted by molar-refractivity contribution is -0.150. The summed E-state index contributed by atoms with van der Waals surface area (Å²) in [5.41, 5.74) is -0.0973. The van der Waals surface area contributed by atoms with Crippen molar-refractivity contribution < 1.29 is 28.2 Å². The zero-order valence-corrected chi connectivity index (χ0v) is 20.8. The summed E-state index contributed by atoms with van der Waals surface area (Å²) < 4.78 is 39.0. The van der Waals surface area contributed by atoms with Gasteiger partial charge in [0, 0.05) is 18.1 Å². The molecule has 1 aliphatic carbocycles. The van der Waals surface area contributed by atoms with E-state index in [4.69, 9.17) is 0 Å². The number of anilines is 2. The Balaban J connectivity index is 1.59. The molecule has 0 unspecified atom stereocenters. The van der Waals surface area contributed by atoms with Gasteiger partial charge in [0.15, 0.2) is 0 Å². The number of halogens is 3. The number of aryl methyl sites for hydroxylation is 1. The summed E-state index contributed by atoms with van der Waals surface area (Å²) >= 11 is 1.33. The molecule has 4 rings (SSSR count). The number of aromatic nitrogens is 3. The summed E-state index contributed by atoms with van der Waals surface area (Å²) in [5.74, 6) is -1.57. The molecule has 3 aromatic rings. The number of aliphatic hydroxyl groups is 1. The van der Waals surface area contributed by atoms with E-state index < -0.39 is 29.4 Å². The molecule has 1 fully saturated rings. The molecule has 0 aliphatic heterocycles. The van der Waals surface area contributed by atoms with Gasteiger partial charge >= 0.3 is 12.1 Å². The Morgan fingerprint density at radius 3 is 2.67 bits per heavy atom. The molecule has 36 heavy (non-hydrogen) atoms. The first-order chi connectivity index (χ1) is 16.9. The van der Waals surface area contributed by atoms with Gasteiger partial charge < -0.3 is 15.5 Å². The minimum atomic E-state index is -4.57. The highest BCUT2D eigenvalue weighted by Gasteiger charge is 2.46. The molecular formula is C25H27F3N4O3S. The molecule has 192 valence electrons. The van der Waals surface area contributed by atoms with Crippen molar-refractivity contribution in [1.82, 2.24) is 15.0 Å². The van der Waals surface area contributed by atoms with E-state index in [1.807, 2.05) is 26.8 Å². The Morgan fingerprint density at radius 2 is 2.00 bits per heavy atom. The first-order valence-electron chi connectivity index (χ1n) is 11.6. The molecule has 0 spiro atoms. The summed E-state index contributed by atoms with van der Waals surface area (Å²) in [6.45, 7) is 5.79. The predicted octanol–water partition coefficient (Wildman–Crippen LogP) is 6.02. The van der Waals surface area contributed by atoms with E-state index in [9.17, 15) is 28.2 Å². The summed E-state index contributed by atoms with van der Waals surface area (Å²) in [6, 6.07) is 6.25. The lowest BCUT2D eigenvalue weighted by atomic mass is 9.67. The Hall–Kier alpha value is -3.05. The Kier molecular flexibility index (Phi) is 7.07. The van der Waals surface area contributed by atoms with E-state index in [0.717, 1.165) is 28.3 Å². The molecule has 1 aliphatic rings. The molecule has 1 saturated carbocycles. The molecule has 11 heteroatoms. The number of nitrogens with zero attached hydrogens (tertiary/aromatic N) is 3. The number of carboxylic acids is 1. The van der Waals surface area contributed by atoms with Gasteiger partial charge in [-0.1, -0.05) is 19.9 Å². The van der Waals surface area contributed by atoms with Crippen LogP contribution in [-0.2, 0) is 16.6 Å². The predicted molar refractivity (Wildman–Crippen MR) is 130 cm³/mol. The lowest BCUT2D eigenvalue weighted by Crippen LogP contribution is -2.41. The van der Waals surface area contributed by atoms with Crippen LogP contribution in [0.5, 0.6) is 0 Å². The second-order valence-corrected chi connectivity index (χ2v) is 10.7. The van der Waals surface area contributed by atoms with Crippen LogP contribution in [0.4, 0.5) is 24.8 Å². The van der Waals surface area contributed by atoms with Crippen LogP contribution in [0.3, 0.4) is 0 Å². The molecule has 0 amide bonds. The third-order valence-corrected chi connectivity index (χ3v) is 7.84. The highest BCUT2D eigenvalue weighted by molar-refractivity contribution is 7.15. The second-order valence-electron chi connectivity index (χ2n) is 9.63. The van der Waals surface area contributed by atoms with Crippen LogP contribution in [0.1, 0.15) is 49.4 Å². The summed E-state index contributed by atoms with van der Waals surface area (Å²) in [4.78, 5) is 24.4. The normalized spacial score (nSPS) is 22.6. The maximum Gasteiger partial charge on any atom is 0.433 e. The van der Waals surface area contributed by atoms with E-state index >= 15 is 0 Å². The average molecular weight is 521 g/mol. The molecule has 3 N–H and O–H groups in total. The smallest absolute Gasteiger partial charge is 0.433 e. The Morgan fingerprint density at radius 1 is 1.25 bits per heavy atom. The van der Waals surface area contributed by atoms with Crippen molar-refractivity contribution in [3.05, 3.63) is 52.9 Å². The van der Waals surface area contributed by atoms with Gasteiger partial charge in [0.25, 0.3) is 0 Å². The van der Waals surface area contributed by atoms with Crippen molar-refractivity contribution in [3.8, 4) is 10.4 Å². The first-order valence-corrected chi connectivity index (χ1v) is 12.4. The van der Waals surface area contributed by atoms with Gasteiger partial charge in [-0.25, -0.2) is 15.0 Å². The lowest BCUT2D eigenvalue weighted by Gasteiger charge is -2.40. The van der Waals surface area contributed by atoms with E-state index in [1.165, 1.54) is 11.3 Å². The highest BCUT2D eigenvalue weighted by Crippen LogP contribution is 2.47. The molecule has 7 nitrogen and oxygen atoms in total. The van der Waals surface area contributed by atoms with Gasteiger partial charge in [0.05, 0.1) is 10.8 Å². The fourth-order valence-corrected chi connectivity index (χ4v) is 5.80. The molecule has 3 atom stereocenters. The number of hydrogen-bond acceptors (Lipinski definition) is 7. The van der Waals surface area contributed by atoms with E-state index in [2.05, 4.69) is 20.3 Å². The largest absolute Gasteiger partial charge is 0.481 e. The van der Waals surface area contributed by atoms with Gasteiger partial charge in [0.1, 0.15) is 16.3 Å². The van der Waals surface area contributed by atoms with E-state index in [1.54, 1.807) is 18.3 Å². The molecule has 1 aromatic carbocycles. The van der Waals surface area contributed by atoms with Crippen LogP contribution in [0.2, 0.25) is 0 Å². The van der Waals surface area contributed by atoms with Crippen molar-refractivity contribution in [1.29, 1.82) is 0 Å². The number of hydrogen-bond donors (Lipinski definition) is 3. The fourth-order valence-electron chi connectivity index (χ4n) is 4.77. The zero-order valence-electron chi connectivity index (χ0n) is 20.0. The molecule has 2 heterocycles. The number of alkyl halides is 3. The molecule has 0 radical (unpaired) electrons. The van der Waals surface area contributed by atoms with Gasteiger partial charge in [0.2, 0.25) is 5.95 Å². The fraction of sp³-hybridized carbons (Fsp3) is 0.440. The summed E-state index contributed by atoms with van der Waals surface area (Å²) in [6.07, 6.45) is -0.858. The van der Waals surface area contributed by atoms with Gasteiger partial charge in [-0.3, -0.25) is 4.79 Å². The summed E-state index contributed by atoms with van der Waals surface area (Å²) in [5, 5.41) is 24.4. The third-order valence-electron chi connectivity index (χ3n) is 6.60. The van der Waals surface area contributed by atoms with Crippen molar-refractivity contribution >= 4 is 28.9 Å². The van der Waals surface area contributed by atoms with Crippen LogP contribution in [0.15, 0.2) is 36.7 Å². The molecular weight excluding hydrogens is 493 g/mol. The van der Waals surface area contributed by atoms with Crippen molar-refractivity contribution in [2.24, 2.45) is 17.8 Å². The SMILES string of the molecule is Cc1cc(Nc2nccc(C(F)(F)F)n2)cc(-c2cnc([C@]3(O)CC[C@@H](C(=O)O)[C@@H](C(C)C)C3)s2)c1. The van der Waals surface area contributed by atoms with Crippen LogP contribution < -0.4 is 5.32 Å². The van der Waals surface area contributed by atoms with Crippen LogP contribution in [-0.4, -0.2) is 31.1 Å². The quantitative estimate of drug-likeness (QED) is 0.365. The second kappa shape index (κ2) is 9.78. The maximum atomic E-state index is 13.0. The number of carbonyl (C=O) groups is 1. The van der Waals surface area contributed by atoms with E-state index in [-0.39, 0.29) is 17.8 Å². The number of rotatable bonds is 6. The Bertz CT molecular complexity index is 1260. The van der Waals surface area contributed by atoms with Crippen LogP contribution >= 0.6 is 11.3 Å². The van der Waals surface area contributed by atoms with Crippen LogP contribution in [0.25, 0.3) is 10.4 Å². The Labute approximate surface area is 210 Å². The first kappa shape index (κ1) is 26.0. The molecule has 0 bridgehead atoms. The van der Waals surface area contributed by atoms with Gasteiger partial charge in [-0.15, -0.1) is 11.3 Å². The summed E-state index contributed by atoms with van der Waals surface area (Å²) in [7, 11) is 0. The number of thiazole rings is 1. The van der Waals surface area contributed by atoms with E-state index in [0.29, 0.717) is 30.0 Å². The molecule has 0 saturated heterocycles. The monoisotopic (exact) mass is 520 g/mol. The minimum Gasteiger partial charge on any atom is -0.481 e. The number of nitrogens with one attached hydrogen (secondary N) is 1. The third kappa shape index (κ3) is 5.52. The maximum absolute atomic E-state index is 13.0. The van der Waals surface area contributed by atoms with Gasteiger partial charge in [-0.05, 0) is 67.3 Å². The topological polar surface area (TPSA) is 108 Å². The molecule has 2 aromatic heterocycles. The standard InChI is InChI=1S/C25H27F3N4O3S/c1-13(2)18-11-24(35,6-4-17(18)21(33)34)22-30-12-19(36-22)15-8-14(3)9-16(10-15)31-23-29-7-5-20(32-23)25(26,27)28/h5,7-10,12-13,17-18,35H,4,6,11H2,1-3H3,(H,33,34)(H,29,31,32)/t17-,18-,24+/m1/s1. The number of aliphatic carboxylic acids is 1. The van der Waals surface area contributed by atoms with Crippen molar-refractivity contribution in [3.63, 3.8) is 0 Å². The number of carboxylic acid groups (broad SMARTS) is 1. The van der Waals surface area contributed by atoms with Crippen molar-refractivity contribution in [2.75, 3.05) is 5.32 Å². The zero-order chi connectivity index (χ0) is 26.3.